The quantitative estimate of drug-likeness (QED) is 0.167. The first-order valence-corrected chi connectivity index (χ1v) is 23.8. The summed E-state index contributed by atoms with van der Waals surface area (Å²) in [4.78, 5) is 16.3. The van der Waals surface area contributed by atoms with Crippen molar-refractivity contribution in [2.45, 2.75) is 6.42 Å². The molecule has 0 unspecified atom stereocenters. The standard InChI is InChI=1S/C64H39N5O/c1-3-17-39(18-4-1)41-22-15-23-42(35-41)45-37-53-49-28-11-14-32-57(49)70-61(53)56(38-45)68-54-30-12-9-26-47(54)50-33-34-51-48-27-10-13-31-55(48)69(60(51)59(50)68)64-66-62(40-19-5-2-6-20-40)65-63(67-64)52-29-16-24-44-36-43-21-7-8-25-46(43)58(44)52/h1-35,37-38H,36H2. The van der Waals surface area contributed by atoms with E-state index >= 15 is 0 Å². The fraction of sp³-hybridized carbons (Fsp3) is 0.0156. The van der Waals surface area contributed by atoms with E-state index in [0.29, 0.717) is 17.6 Å². The number of aromatic nitrogens is 5. The lowest BCUT2D eigenvalue weighted by atomic mass is 9.97. The Bertz CT molecular complexity index is 4450. The highest BCUT2D eigenvalue weighted by molar-refractivity contribution is 6.24. The maximum Gasteiger partial charge on any atom is 0.238 e. The van der Waals surface area contributed by atoms with Gasteiger partial charge in [0.2, 0.25) is 5.95 Å². The number of furan rings is 1. The summed E-state index contributed by atoms with van der Waals surface area (Å²) in [7, 11) is 0. The van der Waals surface area contributed by atoms with E-state index in [0.717, 1.165) is 105 Å². The zero-order chi connectivity index (χ0) is 45.9. The van der Waals surface area contributed by atoms with Gasteiger partial charge in [0.25, 0.3) is 0 Å². The molecule has 1 aliphatic rings. The molecule has 6 heteroatoms. The first-order valence-electron chi connectivity index (χ1n) is 23.8. The molecule has 0 N–H and O–H groups in total. The van der Waals surface area contributed by atoms with Crippen LogP contribution in [0.3, 0.4) is 0 Å². The van der Waals surface area contributed by atoms with Crippen LogP contribution in [0.4, 0.5) is 0 Å². The lowest BCUT2D eigenvalue weighted by Gasteiger charge is -2.15. The molecule has 0 saturated heterocycles. The van der Waals surface area contributed by atoms with Crippen LogP contribution in [-0.2, 0) is 6.42 Å². The number of fused-ring (bicyclic) bond motifs is 13. The molecule has 0 bridgehead atoms. The monoisotopic (exact) mass is 893 g/mol. The van der Waals surface area contributed by atoms with Crippen LogP contribution in [0.15, 0.2) is 229 Å². The van der Waals surface area contributed by atoms with Gasteiger partial charge in [0, 0.05) is 43.4 Å². The average Bonchev–Trinajstić information content (AvgIpc) is 4.19. The maximum absolute atomic E-state index is 7.01. The summed E-state index contributed by atoms with van der Waals surface area (Å²) in [6.45, 7) is 0. The Labute approximate surface area is 402 Å². The lowest BCUT2D eigenvalue weighted by molar-refractivity contribution is 0.666. The van der Waals surface area contributed by atoms with Crippen molar-refractivity contribution >= 4 is 65.6 Å². The van der Waals surface area contributed by atoms with Crippen molar-refractivity contribution in [2.75, 3.05) is 0 Å². The third-order valence-corrected chi connectivity index (χ3v) is 14.4. The van der Waals surface area contributed by atoms with Crippen molar-refractivity contribution in [3.8, 4) is 67.8 Å². The van der Waals surface area contributed by atoms with E-state index in [4.69, 9.17) is 19.4 Å². The molecule has 0 aliphatic heterocycles. The first kappa shape index (κ1) is 38.7. The fourth-order valence-corrected chi connectivity index (χ4v) is 11.3. The molecule has 6 nitrogen and oxygen atoms in total. The van der Waals surface area contributed by atoms with Crippen molar-refractivity contribution in [3.63, 3.8) is 0 Å². The molecule has 14 aromatic rings. The Morgan fingerprint density at radius 3 is 1.71 bits per heavy atom. The molecule has 4 heterocycles. The number of hydrogen-bond donors (Lipinski definition) is 0. The van der Waals surface area contributed by atoms with Gasteiger partial charge in [-0.05, 0) is 87.3 Å². The van der Waals surface area contributed by atoms with Crippen LogP contribution in [0.5, 0.6) is 0 Å². The average molecular weight is 894 g/mol. The summed E-state index contributed by atoms with van der Waals surface area (Å²) in [5.41, 5.74) is 18.2. The van der Waals surface area contributed by atoms with Crippen LogP contribution in [0.1, 0.15) is 11.1 Å². The summed E-state index contributed by atoms with van der Waals surface area (Å²) < 4.78 is 11.7. The minimum atomic E-state index is 0.545. The van der Waals surface area contributed by atoms with Crippen molar-refractivity contribution in [1.82, 2.24) is 24.1 Å². The van der Waals surface area contributed by atoms with Gasteiger partial charge in [0.15, 0.2) is 17.2 Å². The smallest absolute Gasteiger partial charge is 0.238 e. The van der Waals surface area contributed by atoms with Crippen molar-refractivity contribution in [2.24, 2.45) is 0 Å². The van der Waals surface area contributed by atoms with Gasteiger partial charge < -0.3 is 8.98 Å². The van der Waals surface area contributed by atoms with Crippen molar-refractivity contribution < 1.29 is 4.42 Å². The summed E-state index contributed by atoms with van der Waals surface area (Å²) in [5, 5.41) is 6.57. The SMILES string of the molecule is c1ccc(-c2cccc(-c3cc(-n4c5ccccc5c5ccc6c7ccccc7n(-c7nc(-c8ccccc8)nc(-c8cccc9c8-c8ccccc8C9)n7)c6c54)c4oc5ccccc5c4c3)c2)cc1. The Morgan fingerprint density at radius 1 is 0.357 bits per heavy atom. The molecule has 0 spiro atoms. The second kappa shape index (κ2) is 15.1. The molecule has 4 aromatic heterocycles. The number of hydrogen-bond acceptors (Lipinski definition) is 4. The van der Waals surface area contributed by atoms with Gasteiger partial charge in [-0.3, -0.25) is 4.57 Å². The van der Waals surface area contributed by atoms with E-state index in [2.05, 4.69) is 209 Å². The van der Waals surface area contributed by atoms with Gasteiger partial charge in [-0.15, -0.1) is 0 Å². The van der Waals surface area contributed by atoms with Gasteiger partial charge in [-0.1, -0.05) is 188 Å². The number of rotatable bonds is 6. The van der Waals surface area contributed by atoms with Gasteiger partial charge in [-0.25, -0.2) is 4.98 Å². The Kier molecular flexibility index (Phi) is 8.32. The first-order chi connectivity index (χ1) is 34.7. The molecule has 15 rings (SSSR count). The Hall–Kier alpha value is -9.39. The molecular weight excluding hydrogens is 855 g/mol. The van der Waals surface area contributed by atoms with Gasteiger partial charge in [0.05, 0.1) is 27.8 Å². The van der Waals surface area contributed by atoms with Crippen LogP contribution >= 0.6 is 0 Å². The van der Waals surface area contributed by atoms with E-state index in [1.165, 1.54) is 27.8 Å². The highest BCUT2D eigenvalue weighted by atomic mass is 16.3. The minimum Gasteiger partial charge on any atom is -0.454 e. The van der Waals surface area contributed by atoms with Gasteiger partial charge in [0.1, 0.15) is 5.58 Å². The summed E-state index contributed by atoms with van der Waals surface area (Å²) in [5.74, 6) is 1.78. The number of nitrogens with zero attached hydrogens (tertiary/aromatic N) is 5. The normalized spacial score (nSPS) is 12.2. The number of para-hydroxylation sites is 3. The maximum atomic E-state index is 7.01. The second-order valence-electron chi connectivity index (χ2n) is 18.3. The predicted molar refractivity (Wildman–Crippen MR) is 286 cm³/mol. The summed E-state index contributed by atoms with van der Waals surface area (Å²) >= 11 is 0. The predicted octanol–water partition coefficient (Wildman–Crippen LogP) is 16.2. The summed E-state index contributed by atoms with van der Waals surface area (Å²) in [6, 6.07) is 79.9. The zero-order valence-corrected chi connectivity index (χ0v) is 37.7. The topological polar surface area (TPSA) is 61.7 Å². The third kappa shape index (κ3) is 5.77. The molecule has 0 saturated carbocycles. The van der Waals surface area contributed by atoms with Crippen LogP contribution in [0.25, 0.3) is 133 Å². The van der Waals surface area contributed by atoms with E-state index in [1.807, 2.05) is 24.3 Å². The van der Waals surface area contributed by atoms with E-state index in [-0.39, 0.29) is 0 Å². The molecule has 70 heavy (non-hydrogen) atoms. The third-order valence-electron chi connectivity index (χ3n) is 14.4. The molecule has 326 valence electrons. The fourth-order valence-electron chi connectivity index (χ4n) is 11.3. The number of benzene rings is 10. The van der Waals surface area contributed by atoms with E-state index in [9.17, 15) is 0 Å². The largest absolute Gasteiger partial charge is 0.454 e. The van der Waals surface area contributed by atoms with E-state index in [1.54, 1.807) is 0 Å². The van der Waals surface area contributed by atoms with Gasteiger partial charge >= 0.3 is 0 Å². The Morgan fingerprint density at radius 2 is 0.929 bits per heavy atom. The highest BCUT2D eigenvalue weighted by Crippen LogP contribution is 2.46. The second-order valence-corrected chi connectivity index (χ2v) is 18.3. The van der Waals surface area contributed by atoms with E-state index < -0.39 is 0 Å². The molecular formula is C64H39N5O. The highest BCUT2D eigenvalue weighted by Gasteiger charge is 2.28. The molecule has 0 radical (unpaired) electrons. The molecule has 0 amide bonds. The Balaban J connectivity index is 1.07. The molecule has 0 atom stereocenters. The van der Waals surface area contributed by atoms with Gasteiger partial charge in [-0.2, -0.15) is 9.97 Å². The van der Waals surface area contributed by atoms with Crippen molar-refractivity contribution in [3.05, 3.63) is 236 Å². The lowest BCUT2D eigenvalue weighted by Crippen LogP contribution is -2.07. The van der Waals surface area contributed by atoms with Crippen LogP contribution in [-0.4, -0.2) is 24.1 Å². The summed E-state index contributed by atoms with van der Waals surface area (Å²) in [6.07, 6.45) is 0.871. The molecule has 0 fully saturated rings. The zero-order valence-electron chi connectivity index (χ0n) is 37.7. The van der Waals surface area contributed by atoms with Crippen LogP contribution in [0, 0.1) is 0 Å². The van der Waals surface area contributed by atoms with Crippen molar-refractivity contribution in [1.29, 1.82) is 0 Å². The molecule has 1 aliphatic carbocycles. The minimum absolute atomic E-state index is 0.545. The van der Waals surface area contributed by atoms with Crippen LogP contribution < -0.4 is 0 Å². The molecule has 10 aromatic carbocycles. The van der Waals surface area contributed by atoms with Crippen LogP contribution in [0.2, 0.25) is 0 Å².